The molecule has 0 aliphatic rings. The van der Waals surface area contributed by atoms with E-state index in [0.29, 0.717) is 0 Å². The van der Waals surface area contributed by atoms with Crippen molar-refractivity contribution in [3.63, 3.8) is 0 Å². The monoisotopic (exact) mass is 414 g/mol. The molecule has 0 saturated heterocycles. The van der Waals surface area contributed by atoms with Gasteiger partial charge in [0.05, 0.1) is 22.8 Å². The molecule has 7 nitrogen and oxygen atoms in total. The van der Waals surface area contributed by atoms with Crippen LogP contribution in [0.15, 0.2) is 47.5 Å². The van der Waals surface area contributed by atoms with Crippen LogP contribution in [-0.4, -0.2) is 37.1 Å². The largest absolute Gasteiger partial charge is 0.453 e. The average Bonchev–Trinajstić information content (AvgIpc) is 2.62. The third kappa shape index (κ3) is 6.00. The van der Waals surface area contributed by atoms with Gasteiger partial charge in [-0.05, 0) is 43.3 Å². The van der Waals surface area contributed by atoms with Crippen molar-refractivity contribution in [2.45, 2.75) is 24.3 Å². The Labute approximate surface area is 160 Å². The van der Waals surface area contributed by atoms with E-state index in [1.54, 1.807) is 6.07 Å². The highest BCUT2D eigenvalue weighted by atomic mass is 35.5. The number of esters is 1. The van der Waals surface area contributed by atoms with Crippen molar-refractivity contribution < 1.29 is 27.1 Å². The summed E-state index contributed by atoms with van der Waals surface area (Å²) in [6, 6.07) is 7.35. The fourth-order valence-corrected chi connectivity index (χ4v) is 3.39. The van der Waals surface area contributed by atoms with E-state index in [1.807, 2.05) is 0 Å². The third-order valence-electron chi connectivity index (χ3n) is 3.44. The molecule has 27 heavy (non-hydrogen) atoms. The number of nitrogens with zero attached hydrogens (tertiary/aromatic N) is 1. The second-order valence-electron chi connectivity index (χ2n) is 5.49. The number of carbonyl (C=O) groups is 2. The molecule has 1 aromatic carbocycles. The highest BCUT2D eigenvalue weighted by Gasteiger charge is 2.22. The Hall–Kier alpha value is -2.52. The standard InChI is InChI=1S/C17H16ClFN2O5S/c1-11(17(23)21-14-3-2-9-20-16(14)18)26-15(22)8-10-27(24,25)13-6-4-12(19)5-7-13/h2-7,9,11H,8,10H2,1H3,(H,21,23)/t11-/m1/s1. The summed E-state index contributed by atoms with van der Waals surface area (Å²) >= 11 is 5.82. The SMILES string of the molecule is C[C@@H](OC(=O)CCS(=O)(=O)c1ccc(F)cc1)C(=O)Nc1cccnc1Cl. The first-order chi connectivity index (χ1) is 12.7. The number of ether oxygens (including phenoxy) is 1. The molecular formula is C17H16ClFN2O5S. The number of carbonyl (C=O) groups excluding carboxylic acids is 2. The van der Waals surface area contributed by atoms with Gasteiger partial charge in [-0.1, -0.05) is 11.6 Å². The molecule has 0 bridgehead atoms. The van der Waals surface area contributed by atoms with Gasteiger partial charge in [0.1, 0.15) is 5.82 Å². The normalized spacial score (nSPS) is 12.3. The minimum absolute atomic E-state index is 0.0785. The van der Waals surface area contributed by atoms with Crippen LogP contribution in [0.2, 0.25) is 5.15 Å². The molecule has 2 rings (SSSR count). The fourth-order valence-electron chi connectivity index (χ4n) is 2.00. The van der Waals surface area contributed by atoms with Gasteiger partial charge < -0.3 is 10.1 Å². The fraction of sp³-hybridized carbons (Fsp3) is 0.235. The van der Waals surface area contributed by atoms with Crippen LogP contribution in [0.3, 0.4) is 0 Å². The predicted molar refractivity (Wildman–Crippen MR) is 96.5 cm³/mol. The van der Waals surface area contributed by atoms with E-state index >= 15 is 0 Å². The van der Waals surface area contributed by atoms with E-state index in [4.69, 9.17) is 16.3 Å². The zero-order valence-electron chi connectivity index (χ0n) is 14.2. The lowest BCUT2D eigenvalue weighted by molar-refractivity contribution is -0.152. The molecule has 0 aliphatic heterocycles. The van der Waals surface area contributed by atoms with Gasteiger partial charge in [0, 0.05) is 6.20 Å². The van der Waals surface area contributed by atoms with Gasteiger partial charge in [-0.15, -0.1) is 0 Å². The highest BCUT2D eigenvalue weighted by molar-refractivity contribution is 7.91. The molecule has 0 unspecified atom stereocenters. The minimum atomic E-state index is -3.78. The number of rotatable bonds is 7. The van der Waals surface area contributed by atoms with Crippen molar-refractivity contribution in [2.24, 2.45) is 0 Å². The van der Waals surface area contributed by atoms with Crippen LogP contribution >= 0.6 is 11.6 Å². The first-order valence-electron chi connectivity index (χ1n) is 7.78. The number of benzene rings is 1. The Morgan fingerprint density at radius 1 is 1.26 bits per heavy atom. The molecule has 0 spiro atoms. The van der Waals surface area contributed by atoms with E-state index in [2.05, 4.69) is 10.3 Å². The van der Waals surface area contributed by atoms with E-state index < -0.39 is 45.8 Å². The maximum Gasteiger partial charge on any atom is 0.307 e. The zero-order valence-corrected chi connectivity index (χ0v) is 15.8. The maximum absolute atomic E-state index is 12.9. The van der Waals surface area contributed by atoms with E-state index in [1.165, 1.54) is 19.2 Å². The quantitative estimate of drug-likeness (QED) is 0.424. The predicted octanol–water partition coefficient (Wildman–Crippen LogP) is 2.61. The Bertz CT molecular complexity index is 935. The van der Waals surface area contributed by atoms with E-state index in [9.17, 15) is 22.4 Å². The van der Waals surface area contributed by atoms with Crippen molar-refractivity contribution in [2.75, 3.05) is 11.1 Å². The van der Waals surface area contributed by atoms with Crippen LogP contribution in [-0.2, 0) is 24.2 Å². The number of hydrogen-bond acceptors (Lipinski definition) is 6. The summed E-state index contributed by atoms with van der Waals surface area (Å²) in [6.07, 6.45) is -0.171. The number of anilines is 1. The van der Waals surface area contributed by atoms with Crippen LogP contribution in [0.5, 0.6) is 0 Å². The summed E-state index contributed by atoms with van der Waals surface area (Å²) < 4.78 is 42.0. The molecule has 0 saturated carbocycles. The van der Waals surface area contributed by atoms with Gasteiger partial charge in [0.15, 0.2) is 21.1 Å². The van der Waals surface area contributed by atoms with Crippen molar-refractivity contribution in [3.05, 3.63) is 53.6 Å². The van der Waals surface area contributed by atoms with Gasteiger partial charge in [0.25, 0.3) is 5.91 Å². The molecule has 1 heterocycles. The van der Waals surface area contributed by atoms with E-state index in [-0.39, 0.29) is 15.7 Å². The number of nitrogens with one attached hydrogen (secondary N) is 1. The third-order valence-corrected chi connectivity index (χ3v) is 5.48. The maximum atomic E-state index is 12.9. The number of amides is 1. The molecule has 2 aromatic rings. The van der Waals surface area contributed by atoms with Crippen molar-refractivity contribution in [1.29, 1.82) is 0 Å². The topological polar surface area (TPSA) is 102 Å². The summed E-state index contributed by atoms with van der Waals surface area (Å²) in [7, 11) is -3.78. The molecule has 10 heteroatoms. The average molecular weight is 415 g/mol. The molecular weight excluding hydrogens is 399 g/mol. The molecule has 1 aromatic heterocycles. The number of hydrogen-bond donors (Lipinski definition) is 1. The number of sulfone groups is 1. The Morgan fingerprint density at radius 2 is 1.93 bits per heavy atom. The lowest BCUT2D eigenvalue weighted by Crippen LogP contribution is -2.30. The summed E-state index contributed by atoms with van der Waals surface area (Å²) in [5, 5.41) is 2.53. The second kappa shape index (κ2) is 8.92. The van der Waals surface area contributed by atoms with Gasteiger partial charge in [-0.2, -0.15) is 0 Å². The van der Waals surface area contributed by atoms with Gasteiger partial charge >= 0.3 is 5.97 Å². The zero-order chi connectivity index (χ0) is 20.0. The molecule has 0 aliphatic carbocycles. The lowest BCUT2D eigenvalue weighted by Gasteiger charge is -2.14. The smallest absolute Gasteiger partial charge is 0.307 e. The van der Waals surface area contributed by atoms with Crippen LogP contribution in [0.25, 0.3) is 0 Å². The summed E-state index contributed by atoms with van der Waals surface area (Å²) in [5.41, 5.74) is 0.256. The molecule has 1 amide bonds. The number of aromatic nitrogens is 1. The van der Waals surface area contributed by atoms with Crippen LogP contribution in [0, 0.1) is 5.82 Å². The van der Waals surface area contributed by atoms with Gasteiger partial charge in [0.2, 0.25) is 0 Å². The number of pyridine rings is 1. The first-order valence-corrected chi connectivity index (χ1v) is 9.81. The minimum Gasteiger partial charge on any atom is -0.453 e. The van der Waals surface area contributed by atoms with Crippen molar-refractivity contribution in [3.8, 4) is 0 Å². The van der Waals surface area contributed by atoms with Crippen molar-refractivity contribution in [1.82, 2.24) is 4.98 Å². The summed E-state index contributed by atoms with van der Waals surface area (Å²) in [4.78, 5) is 27.6. The lowest BCUT2D eigenvalue weighted by atomic mass is 10.3. The molecule has 0 radical (unpaired) electrons. The van der Waals surface area contributed by atoms with E-state index in [0.717, 1.165) is 24.3 Å². The Balaban J connectivity index is 1.88. The Morgan fingerprint density at radius 3 is 2.56 bits per heavy atom. The summed E-state index contributed by atoms with van der Waals surface area (Å²) in [5.74, 6) is -2.59. The molecule has 1 atom stereocenters. The van der Waals surface area contributed by atoms with Crippen LogP contribution < -0.4 is 5.32 Å². The highest BCUT2D eigenvalue weighted by Crippen LogP contribution is 2.18. The van der Waals surface area contributed by atoms with Crippen LogP contribution in [0.1, 0.15) is 13.3 Å². The second-order valence-corrected chi connectivity index (χ2v) is 7.95. The van der Waals surface area contributed by atoms with Gasteiger partial charge in [-0.3, -0.25) is 9.59 Å². The van der Waals surface area contributed by atoms with Gasteiger partial charge in [-0.25, -0.2) is 17.8 Å². The Kier molecular flexibility index (Phi) is 6.86. The van der Waals surface area contributed by atoms with Crippen LogP contribution in [0.4, 0.5) is 10.1 Å². The molecule has 0 fully saturated rings. The van der Waals surface area contributed by atoms with Crippen molar-refractivity contribution >= 4 is 39.0 Å². The number of halogens is 2. The molecule has 1 N–H and O–H groups in total. The first kappa shape index (κ1) is 20.8. The molecule has 144 valence electrons. The summed E-state index contributed by atoms with van der Waals surface area (Å²) in [6.45, 7) is 1.34.